The fourth-order valence-electron chi connectivity index (χ4n) is 1.94. The lowest BCUT2D eigenvalue weighted by Crippen LogP contribution is -2.30. The summed E-state index contributed by atoms with van der Waals surface area (Å²) in [4.78, 5) is 23.9. The zero-order valence-electron chi connectivity index (χ0n) is 13.1. The van der Waals surface area contributed by atoms with Gasteiger partial charge in [0.25, 0.3) is 11.8 Å². The molecule has 0 radical (unpaired) electrons. The van der Waals surface area contributed by atoms with E-state index in [0.717, 1.165) is 0 Å². The molecule has 5 nitrogen and oxygen atoms in total. The van der Waals surface area contributed by atoms with Crippen molar-refractivity contribution in [1.29, 1.82) is 0 Å². The minimum atomic E-state index is -0.730. The summed E-state index contributed by atoms with van der Waals surface area (Å²) < 4.78 is 6.30. The molecule has 2 aromatic carbocycles. The Kier molecular flexibility index (Phi) is 6.23. The van der Waals surface area contributed by atoms with Gasteiger partial charge in [0.2, 0.25) is 0 Å². The van der Waals surface area contributed by atoms with Gasteiger partial charge in [-0.15, -0.1) is 0 Å². The molecule has 0 bridgehead atoms. The number of hydrogen-bond donors (Lipinski definition) is 2. The lowest BCUT2D eigenvalue weighted by molar-refractivity contribution is -0.122. The second-order valence-electron chi connectivity index (χ2n) is 4.98. The highest BCUT2D eigenvalue weighted by Crippen LogP contribution is 2.28. The van der Waals surface area contributed by atoms with Crippen molar-refractivity contribution < 1.29 is 14.3 Å². The van der Waals surface area contributed by atoms with Gasteiger partial charge in [0, 0.05) is 23.3 Å². The van der Waals surface area contributed by atoms with Gasteiger partial charge in [0.1, 0.15) is 5.75 Å². The van der Waals surface area contributed by atoms with Crippen LogP contribution < -0.4 is 15.4 Å². The maximum absolute atomic E-state index is 12.3. The largest absolute Gasteiger partial charge is 0.480 e. The SMILES string of the molecule is CNC(=O)c1cccc(NC(=O)C(C)Oc2ccc(Cl)cc2Br)c1. The van der Waals surface area contributed by atoms with E-state index in [9.17, 15) is 9.59 Å². The summed E-state index contributed by atoms with van der Waals surface area (Å²) in [6.07, 6.45) is -0.730. The Morgan fingerprint density at radius 1 is 1.21 bits per heavy atom. The van der Waals surface area contributed by atoms with Crippen molar-refractivity contribution in [3.63, 3.8) is 0 Å². The van der Waals surface area contributed by atoms with E-state index in [1.165, 1.54) is 0 Å². The standard InChI is InChI=1S/C17H16BrClN2O3/c1-10(24-15-7-6-12(19)9-14(15)18)16(22)21-13-5-3-4-11(8-13)17(23)20-2/h3-10H,1-2H3,(H,20,23)(H,21,22). The molecular weight excluding hydrogens is 396 g/mol. The van der Waals surface area contributed by atoms with Crippen LogP contribution in [0, 0.1) is 0 Å². The van der Waals surface area contributed by atoms with Crippen LogP contribution in [0.3, 0.4) is 0 Å². The van der Waals surface area contributed by atoms with Gasteiger partial charge in [-0.1, -0.05) is 17.7 Å². The molecule has 0 heterocycles. The second kappa shape index (κ2) is 8.17. The number of anilines is 1. The van der Waals surface area contributed by atoms with E-state index in [1.807, 2.05) is 0 Å². The Labute approximate surface area is 153 Å². The molecular formula is C17H16BrClN2O3. The summed E-state index contributed by atoms with van der Waals surface area (Å²) in [5, 5.41) is 5.83. The van der Waals surface area contributed by atoms with Gasteiger partial charge < -0.3 is 15.4 Å². The predicted molar refractivity (Wildman–Crippen MR) is 97.7 cm³/mol. The molecule has 0 aromatic heterocycles. The molecule has 0 aliphatic carbocycles. The van der Waals surface area contributed by atoms with Gasteiger partial charge in [-0.25, -0.2) is 0 Å². The number of ether oxygens (including phenoxy) is 1. The number of amides is 2. The smallest absolute Gasteiger partial charge is 0.265 e. The number of rotatable bonds is 5. The first-order chi connectivity index (χ1) is 11.4. The molecule has 0 saturated heterocycles. The highest BCUT2D eigenvalue weighted by molar-refractivity contribution is 9.10. The van der Waals surface area contributed by atoms with Crippen LogP contribution in [0.4, 0.5) is 5.69 Å². The minimum Gasteiger partial charge on any atom is -0.480 e. The van der Waals surface area contributed by atoms with Crippen molar-refractivity contribution in [2.75, 3.05) is 12.4 Å². The normalized spacial score (nSPS) is 11.5. The lowest BCUT2D eigenvalue weighted by atomic mass is 10.2. The number of benzene rings is 2. The second-order valence-corrected chi connectivity index (χ2v) is 6.27. The average molecular weight is 412 g/mol. The first kappa shape index (κ1) is 18.3. The van der Waals surface area contributed by atoms with Gasteiger partial charge in [0.15, 0.2) is 6.10 Å². The third-order valence-electron chi connectivity index (χ3n) is 3.19. The van der Waals surface area contributed by atoms with E-state index < -0.39 is 6.10 Å². The summed E-state index contributed by atoms with van der Waals surface area (Å²) >= 11 is 9.22. The van der Waals surface area contributed by atoms with E-state index in [-0.39, 0.29) is 11.8 Å². The maximum atomic E-state index is 12.3. The molecule has 1 atom stereocenters. The van der Waals surface area contributed by atoms with Gasteiger partial charge in [0.05, 0.1) is 4.47 Å². The third kappa shape index (κ3) is 4.72. The predicted octanol–water partition coefficient (Wildman–Crippen LogP) is 3.87. The minimum absolute atomic E-state index is 0.222. The van der Waals surface area contributed by atoms with Crippen molar-refractivity contribution in [2.45, 2.75) is 13.0 Å². The van der Waals surface area contributed by atoms with E-state index in [0.29, 0.717) is 26.5 Å². The maximum Gasteiger partial charge on any atom is 0.265 e. The molecule has 0 fully saturated rings. The van der Waals surface area contributed by atoms with Crippen molar-refractivity contribution in [3.05, 3.63) is 57.5 Å². The Balaban J connectivity index is 2.05. The van der Waals surface area contributed by atoms with Crippen molar-refractivity contribution in [1.82, 2.24) is 5.32 Å². The van der Waals surface area contributed by atoms with Crippen LogP contribution in [0.25, 0.3) is 0 Å². The molecule has 0 aliphatic heterocycles. The fourth-order valence-corrected chi connectivity index (χ4v) is 2.72. The van der Waals surface area contributed by atoms with E-state index >= 15 is 0 Å². The molecule has 2 N–H and O–H groups in total. The molecule has 7 heteroatoms. The lowest BCUT2D eigenvalue weighted by Gasteiger charge is -2.16. The van der Waals surface area contributed by atoms with Gasteiger partial charge >= 0.3 is 0 Å². The van der Waals surface area contributed by atoms with Crippen LogP contribution in [-0.2, 0) is 4.79 Å². The monoisotopic (exact) mass is 410 g/mol. The molecule has 24 heavy (non-hydrogen) atoms. The molecule has 2 amide bonds. The average Bonchev–Trinajstić information content (AvgIpc) is 2.56. The van der Waals surface area contributed by atoms with Gasteiger partial charge in [-0.3, -0.25) is 9.59 Å². The summed E-state index contributed by atoms with van der Waals surface area (Å²) in [6.45, 7) is 1.64. The van der Waals surface area contributed by atoms with E-state index in [1.54, 1.807) is 56.4 Å². The molecule has 0 saturated carbocycles. The molecule has 2 rings (SSSR count). The molecule has 0 spiro atoms. The quantitative estimate of drug-likeness (QED) is 0.785. The number of hydrogen-bond acceptors (Lipinski definition) is 3. The van der Waals surface area contributed by atoms with Crippen LogP contribution in [0.5, 0.6) is 5.75 Å². The van der Waals surface area contributed by atoms with Crippen LogP contribution >= 0.6 is 27.5 Å². The third-order valence-corrected chi connectivity index (χ3v) is 4.04. The Morgan fingerprint density at radius 3 is 2.62 bits per heavy atom. The number of nitrogens with one attached hydrogen (secondary N) is 2. The summed E-state index contributed by atoms with van der Waals surface area (Å²) in [5.41, 5.74) is 0.982. The first-order valence-corrected chi connectivity index (χ1v) is 8.32. The van der Waals surface area contributed by atoms with E-state index in [2.05, 4.69) is 26.6 Å². The number of carbonyl (C=O) groups excluding carboxylic acids is 2. The van der Waals surface area contributed by atoms with Crippen LogP contribution in [-0.4, -0.2) is 25.0 Å². The molecule has 2 aromatic rings. The summed E-state index contributed by atoms with van der Waals surface area (Å²) in [7, 11) is 1.55. The number of carbonyl (C=O) groups is 2. The molecule has 0 aliphatic rings. The van der Waals surface area contributed by atoms with Crippen molar-refractivity contribution >= 4 is 45.0 Å². The van der Waals surface area contributed by atoms with Crippen LogP contribution in [0.15, 0.2) is 46.9 Å². The van der Waals surface area contributed by atoms with E-state index in [4.69, 9.17) is 16.3 Å². The van der Waals surface area contributed by atoms with Crippen LogP contribution in [0.2, 0.25) is 5.02 Å². The van der Waals surface area contributed by atoms with Gasteiger partial charge in [-0.05, 0) is 59.3 Å². The molecule has 126 valence electrons. The Bertz CT molecular complexity index is 767. The number of halogens is 2. The zero-order valence-corrected chi connectivity index (χ0v) is 15.4. The highest BCUT2D eigenvalue weighted by Gasteiger charge is 2.17. The topological polar surface area (TPSA) is 67.4 Å². The fraction of sp³-hybridized carbons (Fsp3) is 0.176. The highest BCUT2D eigenvalue weighted by atomic mass is 79.9. The molecule has 1 unspecified atom stereocenters. The summed E-state index contributed by atoms with van der Waals surface area (Å²) in [5.74, 6) is -0.0347. The first-order valence-electron chi connectivity index (χ1n) is 7.15. The Morgan fingerprint density at radius 2 is 1.96 bits per heavy atom. The summed E-state index contributed by atoms with van der Waals surface area (Å²) in [6, 6.07) is 11.7. The van der Waals surface area contributed by atoms with Crippen molar-refractivity contribution in [2.24, 2.45) is 0 Å². The Hall–Kier alpha value is -2.05. The van der Waals surface area contributed by atoms with Crippen molar-refractivity contribution in [3.8, 4) is 5.75 Å². The van der Waals surface area contributed by atoms with Gasteiger partial charge in [-0.2, -0.15) is 0 Å². The zero-order chi connectivity index (χ0) is 17.7. The van der Waals surface area contributed by atoms with Crippen LogP contribution in [0.1, 0.15) is 17.3 Å².